The minimum atomic E-state index is -0.518. The monoisotopic (exact) mass is 852 g/mol. The summed E-state index contributed by atoms with van der Waals surface area (Å²) < 4.78 is 33.2. The van der Waals surface area contributed by atoms with E-state index in [1.807, 2.05) is 59.7 Å². The molecule has 1 saturated heterocycles. The van der Waals surface area contributed by atoms with E-state index in [0.29, 0.717) is 96.5 Å². The number of pyridine rings is 1. The summed E-state index contributed by atoms with van der Waals surface area (Å²) in [5, 5.41) is 13.1. The molecule has 0 saturated carbocycles. The number of piperidine rings is 1. The smallest absolute Gasteiger partial charge is 0.410 e. The number of aliphatic hydroxyl groups is 1. The number of nitrogens with two attached hydrogens (primary N) is 1. The van der Waals surface area contributed by atoms with Crippen LogP contribution in [-0.4, -0.2) is 129 Å². The molecule has 0 radical (unpaired) electrons. The van der Waals surface area contributed by atoms with Crippen molar-refractivity contribution in [3.8, 4) is 5.88 Å². The molecule has 1 aliphatic rings. The van der Waals surface area contributed by atoms with Gasteiger partial charge in [-0.3, -0.25) is 0 Å². The van der Waals surface area contributed by atoms with Gasteiger partial charge in [0.1, 0.15) is 23.8 Å². The minimum absolute atomic E-state index is 0. The van der Waals surface area contributed by atoms with E-state index < -0.39 is 5.60 Å². The van der Waals surface area contributed by atoms with Gasteiger partial charge in [0, 0.05) is 69.4 Å². The molecule has 0 bridgehead atoms. The second kappa shape index (κ2) is 35.9. The topological polar surface area (TPSA) is 176 Å². The number of allylic oxidation sites excluding steroid dienone is 1. The molecule has 1 aliphatic heterocycles. The molecule has 0 spiro atoms. The zero-order valence-corrected chi connectivity index (χ0v) is 37.2. The normalized spacial score (nSPS) is 13.7. The van der Waals surface area contributed by atoms with Gasteiger partial charge in [-0.15, -0.1) is 0 Å². The van der Waals surface area contributed by atoms with E-state index >= 15 is 0 Å². The summed E-state index contributed by atoms with van der Waals surface area (Å²) in [6, 6.07) is 6.03. The average molecular weight is 852 g/mol. The molecule has 2 aromatic rings. The van der Waals surface area contributed by atoms with Crippen LogP contribution >= 0.6 is 0 Å². The first kappa shape index (κ1) is 58.3. The van der Waals surface area contributed by atoms with E-state index in [1.165, 1.54) is 17.7 Å². The zero-order valence-electron chi connectivity index (χ0n) is 37.2. The summed E-state index contributed by atoms with van der Waals surface area (Å²) in [5.41, 5.74) is 7.24. The second-order valence-corrected chi connectivity index (χ2v) is 14.4. The fraction of sp³-hybridized carbons (Fsp3) is 0.733. The Morgan fingerprint density at radius 3 is 2.05 bits per heavy atom. The average Bonchev–Trinajstić information content (AvgIpc) is 3.22. The van der Waals surface area contributed by atoms with Gasteiger partial charge in [0.05, 0.1) is 52.9 Å². The van der Waals surface area contributed by atoms with Crippen molar-refractivity contribution in [2.24, 2.45) is 5.73 Å². The maximum atomic E-state index is 11.9. The van der Waals surface area contributed by atoms with Gasteiger partial charge >= 0.3 is 6.09 Å². The fourth-order valence-corrected chi connectivity index (χ4v) is 5.31. The standard InChI is InChI=1S/C37H61N7O8.C4H10.C2H6.2CH4/c1-6-30(26-38)35-41-32(25-33(42-35)44-13-8-7-9-31(44)12-15-45)39-27-29-10-11-34(40-28-29)51-24-23-50-22-21-49-20-19-48-18-17-47-16-14-43(5)36(46)52-37(2,3)4;1-3-4-2;1-2;;/h10-11,25-26,28,31,45H,6-9,12-24,27,38H2,1-5H3,(H,39,41,42);3-4H2,1-2H3;1-2H3;2*1H4/b30-26-;;;;. The number of nitrogens with one attached hydrogen (secondary N) is 1. The molecule has 3 rings (SSSR count). The van der Waals surface area contributed by atoms with E-state index in [2.05, 4.69) is 29.0 Å². The van der Waals surface area contributed by atoms with Crippen LogP contribution < -0.4 is 20.7 Å². The third kappa shape index (κ3) is 25.8. The van der Waals surface area contributed by atoms with Gasteiger partial charge in [-0.2, -0.15) is 0 Å². The number of aromatic nitrogens is 3. The van der Waals surface area contributed by atoms with Crippen LogP contribution in [0.4, 0.5) is 16.4 Å². The lowest BCUT2D eigenvalue weighted by Crippen LogP contribution is -2.40. The lowest BCUT2D eigenvalue weighted by Gasteiger charge is -2.36. The molecule has 2 aromatic heterocycles. The molecule has 0 aliphatic carbocycles. The van der Waals surface area contributed by atoms with Crippen molar-refractivity contribution in [2.75, 3.05) is 96.4 Å². The Kier molecular flexibility index (Phi) is 34.9. The first-order valence-electron chi connectivity index (χ1n) is 21.3. The number of hydrogen-bond acceptors (Lipinski definition) is 14. The molecule has 348 valence electrons. The molecular formula is C45H85N7O8. The van der Waals surface area contributed by atoms with Gasteiger partial charge in [0.2, 0.25) is 5.88 Å². The van der Waals surface area contributed by atoms with E-state index in [1.54, 1.807) is 19.4 Å². The number of likely N-dealkylation sites (N-methyl/N-ethyl adjacent to an activating group) is 1. The Balaban J connectivity index is 0. The van der Waals surface area contributed by atoms with Gasteiger partial charge in [0.15, 0.2) is 5.82 Å². The maximum Gasteiger partial charge on any atom is 0.410 e. The van der Waals surface area contributed by atoms with Crippen LogP contribution in [0.5, 0.6) is 5.88 Å². The number of unbranched alkanes of at least 4 members (excludes halogenated alkanes) is 1. The van der Waals surface area contributed by atoms with Crippen LogP contribution in [-0.2, 0) is 30.2 Å². The van der Waals surface area contributed by atoms with E-state index in [-0.39, 0.29) is 33.6 Å². The van der Waals surface area contributed by atoms with Crippen LogP contribution in [0.25, 0.3) is 5.57 Å². The summed E-state index contributed by atoms with van der Waals surface area (Å²) >= 11 is 0. The second-order valence-electron chi connectivity index (χ2n) is 14.4. The van der Waals surface area contributed by atoms with Crippen LogP contribution in [0.15, 0.2) is 30.6 Å². The molecule has 15 heteroatoms. The fourth-order valence-electron chi connectivity index (χ4n) is 5.31. The highest BCUT2D eigenvalue weighted by Gasteiger charge is 2.25. The Hall–Kier alpha value is -3.76. The molecule has 3 heterocycles. The number of carbonyl (C=O) groups excluding carboxylic acids is 1. The van der Waals surface area contributed by atoms with Crippen LogP contribution in [0, 0.1) is 0 Å². The van der Waals surface area contributed by atoms with Crippen molar-refractivity contribution in [2.45, 2.75) is 133 Å². The van der Waals surface area contributed by atoms with Crippen molar-refractivity contribution in [1.82, 2.24) is 19.9 Å². The van der Waals surface area contributed by atoms with E-state index in [4.69, 9.17) is 44.1 Å². The molecule has 1 fully saturated rings. The SMILES string of the molecule is C.C.CC.CC/C(=C/N)c1nc(NCc2ccc(OCCOCCOCCOCCOCCN(C)C(=O)OC(C)(C)C)nc2)cc(N2CCCCC2CCO)n1.CCCC. The number of carbonyl (C=O) groups is 1. The number of rotatable bonds is 25. The number of aliphatic hydroxyl groups excluding tert-OH is 1. The quantitative estimate of drug-likeness (QED) is 0.0813. The van der Waals surface area contributed by atoms with E-state index in [9.17, 15) is 9.90 Å². The largest absolute Gasteiger partial charge is 0.475 e. The maximum absolute atomic E-state index is 11.9. The Bertz CT molecular complexity index is 1360. The molecule has 60 heavy (non-hydrogen) atoms. The molecule has 1 amide bonds. The third-order valence-corrected chi connectivity index (χ3v) is 8.61. The molecule has 0 aromatic carbocycles. The number of ether oxygens (including phenoxy) is 6. The number of nitrogens with zero attached hydrogens (tertiary/aromatic N) is 5. The van der Waals surface area contributed by atoms with E-state index in [0.717, 1.165) is 49.2 Å². The Labute approximate surface area is 364 Å². The van der Waals surface area contributed by atoms with Crippen molar-refractivity contribution in [1.29, 1.82) is 0 Å². The molecular weight excluding hydrogens is 767 g/mol. The number of hydrogen-bond donors (Lipinski definition) is 3. The third-order valence-electron chi connectivity index (χ3n) is 8.61. The minimum Gasteiger partial charge on any atom is -0.475 e. The molecule has 4 N–H and O–H groups in total. The highest BCUT2D eigenvalue weighted by atomic mass is 16.6. The summed E-state index contributed by atoms with van der Waals surface area (Å²) in [6.07, 6.45) is 10.3. The lowest BCUT2D eigenvalue weighted by atomic mass is 9.99. The van der Waals surface area contributed by atoms with Crippen molar-refractivity contribution in [3.05, 3.63) is 42.0 Å². The van der Waals surface area contributed by atoms with Gasteiger partial charge in [-0.25, -0.2) is 19.7 Å². The highest BCUT2D eigenvalue weighted by Crippen LogP contribution is 2.28. The number of anilines is 2. The van der Waals surface area contributed by atoms with Gasteiger partial charge in [-0.05, 0) is 58.4 Å². The summed E-state index contributed by atoms with van der Waals surface area (Å²) in [5.74, 6) is 2.69. The van der Waals surface area contributed by atoms with Crippen molar-refractivity contribution in [3.63, 3.8) is 0 Å². The predicted molar refractivity (Wildman–Crippen MR) is 246 cm³/mol. The number of amides is 1. The first-order valence-corrected chi connectivity index (χ1v) is 21.3. The zero-order chi connectivity index (χ0) is 43.0. The Morgan fingerprint density at radius 2 is 1.53 bits per heavy atom. The predicted octanol–water partition coefficient (Wildman–Crippen LogP) is 8.35. The summed E-state index contributed by atoms with van der Waals surface area (Å²) in [7, 11) is 1.68. The van der Waals surface area contributed by atoms with Crippen molar-refractivity contribution >= 4 is 23.3 Å². The molecule has 1 unspecified atom stereocenters. The van der Waals surface area contributed by atoms with Gasteiger partial charge in [-0.1, -0.05) is 68.4 Å². The Morgan fingerprint density at radius 1 is 0.933 bits per heavy atom. The molecule has 15 nitrogen and oxygen atoms in total. The summed E-state index contributed by atoms with van der Waals surface area (Å²) in [4.78, 5) is 29.8. The van der Waals surface area contributed by atoms with Gasteiger partial charge < -0.3 is 54.4 Å². The van der Waals surface area contributed by atoms with Gasteiger partial charge in [0.25, 0.3) is 0 Å². The molecule has 1 atom stereocenters. The van der Waals surface area contributed by atoms with Crippen LogP contribution in [0.3, 0.4) is 0 Å². The van der Waals surface area contributed by atoms with Crippen molar-refractivity contribution < 1.29 is 38.3 Å². The van der Waals surface area contributed by atoms with Crippen LogP contribution in [0.1, 0.15) is 127 Å². The van der Waals surface area contributed by atoms with Crippen LogP contribution in [0.2, 0.25) is 0 Å². The lowest BCUT2D eigenvalue weighted by molar-refractivity contribution is -0.00790. The summed E-state index contributed by atoms with van der Waals surface area (Å²) in [6.45, 7) is 21.8. The first-order chi connectivity index (χ1) is 28.0. The highest BCUT2D eigenvalue weighted by molar-refractivity contribution is 5.67.